The minimum Gasteiger partial charge on any atom is -0.478 e. The van der Waals surface area contributed by atoms with Crippen molar-refractivity contribution in [3.8, 4) is 11.8 Å². The predicted octanol–water partition coefficient (Wildman–Crippen LogP) is 3.09. The highest BCUT2D eigenvalue weighted by Crippen LogP contribution is 2.38. The maximum atomic E-state index is 12.5. The summed E-state index contributed by atoms with van der Waals surface area (Å²) in [7, 11) is 1.66. The van der Waals surface area contributed by atoms with Gasteiger partial charge < -0.3 is 19.8 Å². The third kappa shape index (κ3) is 3.84. The third-order valence-electron chi connectivity index (χ3n) is 4.26. The number of nitriles is 1. The second kappa shape index (κ2) is 7.70. The first kappa shape index (κ1) is 19.4. The number of allylic oxidation sites excluding steroid dienone is 3. The van der Waals surface area contributed by atoms with Gasteiger partial charge in [0.1, 0.15) is 11.6 Å². The van der Waals surface area contributed by atoms with E-state index in [1.165, 1.54) is 54.6 Å². The predicted molar refractivity (Wildman–Crippen MR) is 102 cm³/mol. The number of carbonyl (C=O) groups is 3. The van der Waals surface area contributed by atoms with Crippen LogP contribution in [0.4, 0.5) is 5.69 Å². The lowest BCUT2D eigenvalue weighted by Gasteiger charge is -2.10. The Balaban J connectivity index is 1.85. The van der Waals surface area contributed by atoms with E-state index >= 15 is 0 Å². The molecule has 1 aliphatic rings. The molecule has 0 aliphatic carbocycles. The Morgan fingerprint density at radius 2 is 1.59 bits per heavy atom. The Morgan fingerprint density at radius 1 is 1.00 bits per heavy atom. The molecule has 1 aliphatic heterocycles. The normalized spacial score (nSPS) is 14.1. The lowest BCUT2D eigenvalue weighted by Crippen LogP contribution is -2.13. The summed E-state index contributed by atoms with van der Waals surface area (Å²) < 4.78 is 5.64. The molecule has 0 radical (unpaired) electrons. The molecule has 0 saturated carbocycles. The van der Waals surface area contributed by atoms with E-state index in [2.05, 4.69) is 0 Å². The monoisotopic (exact) mass is 390 g/mol. The summed E-state index contributed by atoms with van der Waals surface area (Å²) in [4.78, 5) is 36.1. The van der Waals surface area contributed by atoms with Crippen molar-refractivity contribution in [3.63, 3.8) is 0 Å². The number of rotatable bonds is 5. The van der Waals surface area contributed by atoms with Gasteiger partial charge >= 0.3 is 11.9 Å². The van der Waals surface area contributed by atoms with Crippen molar-refractivity contribution in [2.24, 2.45) is 0 Å². The number of hydrogen-bond acceptors (Lipinski definition) is 6. The summed E-state index contributed by atoms with van der Waals surface area (Å²) in [5.41, 5.74) is 0.689. The van der Waals surface area contributed by atoms with Crippen LogP contribution in [0, 0.1) is 11.3 Å². The van der Waals surface area contributed by atoms with Crippen molar-refractivity contribution in [2.75, 3.05) is 11.9 Å². The minimum atomic E-state index is -1.11. The SMILES string of the molecule is CN1C(=CC=C(C#N)C(=O)c2ccc(C(=O)O)cc2)Oc2ccc(C(=O)O)cc21. The molecule has 8 heteroatoms. The first-order chi connectivity index (χ1) is 13.8. The summed E-state index contributed by atoms with van der Waals surface area (Å²) in [6.45, 7) is 0. The van der Waals surface area contributed by atoms with Crippen molar-refractivity contribution < 1.29 is 29.3 Å². The molecule has 1 heterocycles. The second-order valence-corrected chi connectivity index (χ2v) is 6.06. The number of hydrogen-bond donors (Lipinski definition) is 2. The van der Waals surface area contributed by atoms with E-state index in [1.54, 1.807) is 11.9 Å². The zero-order chi connectivity index (χ0) is 21.1. The summed E-state index contributed by atoms with van der Waals surface area (Å²) in [5, 5.41) is 27.3. The van der Waals surface area contributed by atoms with Crippen molar-refractivity contribution in [1.29, 1.82) is 5.26 Å². The molecule has 8 nitrogen and oxygen atoms in total. The first-order valence-electron chi connectivity index (χ1n) is 8.31. The van der Waals surface area contributed by atoms with E-state index in [4.69, 9.17) is 14.9 Å². The highest BCUT2D eigenvalue weighted by atomic mass is 16.5. The number of ketones is 1. The van der Waals surface area contributed by atoms with Crippen molar-refractivity contribution in [2.45, 2.75) is 0 Å². The molecular weight excluding hydrogens is 376 g/mol. The number of anilines is 1. The van der Waals surface area contributed by atoms with Gasteiger partial charge in [0.2, 0.25) is 5.78 Å². The quantitative estimate of drug-likeness (QED) is 0.453. The molecule has 0 fully saturated rings. The molecule has 3 rings (SSSR count). The van der Waals surface area contributed by atoms with Gasteiger partial charge in [-0.1, -0.05) is 12.1 Å². The Labute approximate surface area is 165 Å². The zero-order valence-corrected chi connectivity index (χ0v) is 15.1. The Kier molecular flexibility index (Phi) is 5.15. The van der Waals surface area contributed by atoms with E-state index in [9.17, 15) is 19.6 Å². The number of Topliss-reactive ketones (excluding diaryl/α,β-unsaturated/α-hetero) is 1. The van der Waals surface area contributed by atoms with Gasteiger partial charge in [-0.05, 0) is 36.4 Å². The number of fused-ring (bicyclic) bond motifs is 1. The average molecular weight is 390 g/mol. The van der Waals surface area contributed by atoms with Gasteiger partial charge in [-0.25, -0.2) is 9.59 Å². The lowest BCUT2D eigenvalue weighted by molar-refractivity contribution is 0.0686. The lowest BCUT2D eigenvalue weighted by atomic mass is 10.0. The van der Waals surface area contributed by atoms with Crippen LogP contribution in [0.15, 0.2) is 66.1 Å². The van der Waals surface area contributed by atoms with E-state index in [1.807, 2.05) is 6.07 Å². The maximum Gasteiger partial charge on any atom is 0.335 e. The summed E-state index contributed by atoms with van der Waals surface area (Å²) >= 11 is 0. The van der Waals surface area contributed by atoms with Crippen LogP contribution >= 0.6 is 0 Å². The molecule has 2 aromatic carbocycles. The molecular formula is C21H14N2O6. The van der Waals surface area contributed by atoms with E-state index in [0.29, 0.717) is 17.3 Å². The highest BCUT2D eigenvalue weighted by Gasteiger charge is 2.24. The van der Waals surface area contributed by atoms with Crippen LogP contribution in [0.2, 0.25) is 0 Å². The second-order valence-electron chi connectivity index (χ2n) is 6.06. The van der Waals surface area contributed by atoms with Gasteiger partial charge in [0.05, 0.1) is 16.8 Å². The number of nitrogens with zero attached hydrogens (tertiary/aromatic N) is 2. The number of ether oxygens (including phenoxy) is 1. The molecule has 0 spiro atoms. The molecule has 0 unspecified atom stereocenters. The average Bonchev–Trinajstić information content (AvgIpc) is 3.03. The number of carbonyl (C=O) groups excluding carboxylic acids is 1. The molecule has 0 aromatic heterocycles. The fourth-order valence-corrected chi connectivity index (χ4v) is 2.68. The van der Waals surface area contributed by atoms with Gasteiger partial charge in [0.25, 0.3) is 0 Å². The minimum absolute atomic E-state index is 0.0330. The maximum absolute atomic E-state index is 12.5. The van der Waals surface area contributed by atoms with E-state index in [-0.39, 0.29) is 22.3 Å². The van der Waals surface area contributed by atoms with Crippen LogP contribution in [0.3, 0.4) is 0 Å². The topological polar surface area (TPSA) is 128 Å². The summed E-state index contributed by atoms with van der Waals surface area (Å²) in [6, 6.07) is 11.5. The molecule has 0 saturated heterocycles. The van der Waals surface area contributed by atoms with Crippen LogP contribution < -0.4 is 9.64 Å². The largest absolute Gasteiger partial charge is 0.478 e. The Morgan fingerprint density at radius 3 is 2.17 bits per heavy atom. The van der Waals surface area contributed by atoms with Gasteiger partial charge in [0, 0.05) is 18.7 Å². The van der Waals surface area contributed by atoms with Gasteiger partial charge in [-0.3, -0.25) is 4.79 Å². The number of aromatic carboxylic acids is 2. The number of carboxylic acid groups (broad SMARTS) is 2. The smallest absolute Gasteiger partial charge is 0.335 e. The van der Waals surface area contributed by atoms with Crippen molar-refractivity contribution in [1.82, 2.24) is 0 Å². The Hall–Kier alpha value is -4.38. The van der Waals surface area contributed by atoms with Gasteiger partial charge in [0.15, 0.2) is 11.6 Å². The first-order valence-corrected chi connectivity index (χ1v) is 8.31. The molecule has 2 aromatic rings. The fourth-order valence-electron chi connectivity index (χ4n) is 2.68. The zero-order valence-electron chi connectivity index (χ0n) is 15.1. The van der Waals surface area contributed by atoms with E-state index < -0.39 is 17.7 Å². The van der Waals surface area contributed by atoms with Crippen LogP contribution in [-0.2, 0) is 0 Å². The van der Waals surface area contributed by atoms with Crippen LogP contribution in [0.25, 0.3) is 0 Å². The fraction of sp³-hybridized carbons (Fsp3) is 0.0476. The van der Waals surface area contributed by atoms with Gasteiger partial charge in [-0.2, -0.15) is 5.26 Å². The van der Waals surface area contributed by atoms with E-state index in [0.717, 1.165) is 0 Å². The summed E-state index contributed by atoms with van der Waals surface area (Å²) in [5.74, 6) is -1.98. The molecule has 29 heavy (non-hydrogen) atoms. The number of benzene rings is 2. The summed E-state index contributed by atoms with van der Waals surface area (Å²) in [6.07, 6.45) is 2.73. The highest BCUT2D eigenvalue weighted by molar-refractivity contribution is 6.11. The van der Waals surface area contributed by atoms with Gasteiger partial charge in [-0.15, -0.1) is 0 Å². The van der Waals surface area contributed by atoms with Crippen LogP contribution in [0.5, 0.6) is 5.75 Å². The molecule has 2 N–H and O–H groups in total. The third-order valence-corrected chi connectivity index (χ3v) is 4.26. The Bertz CT molecular complexity index is 1120. The van der Waals surface area contributed by atoms with Crippen LogP contribution in [0.1, 0.15) is 31.1 Å². The molecule has 0 bridgehead atoms. The molecule has 144 valence electrons. The van der Waals surface area contributed by atoms with Crippen LogP contribution in [-0.4, -0.2) is 35.0 Å². The van der Waals surface area contributed by atoms with Crippen molar-refractivity contribution >= 4 is 23.4 Å². The molecule has 0 amide bonds. The number of carboxylic acids is 2. The van der Waals surface area contributed by atoms with Crippen molar-refractivity contribution in [3.05, 3.63) is 82.8 Å². The molecule has 0 atom stereocenters. The standard InChI is InChI=1S/C21H14N2O6/c1-23-16-10-14(21(27)28)6-8-17(16)29-18(23)9-7-15(11-22)19(24)12-2-4-13(5-3-12)20(25)26/h2-10H,1H3,(H,25,26)(H,27,28).